The lowest BCUT2D eigenvalue weighted by atomic mass is 9.94. The Kier molecular flexibility index (Phi) is 19.8. The van der Waals surface area contributed by atoms with E-state index in [2.05, 4.69) is 26.6 Å². The first-order valence-corrected chi connectivity index (χ1v) is 22.9. The minimum absolute atomic E-state index is 0.0909. The molecule has 2 saturated heterocycles. The van der Waals surface area contributed by atoms with Crippen LogP contribution in [0.2, 0.25) is 5.02 Å². The number of piperidine rings is 1. The van der Waals surface area contributed by atoms with Crippen molar-refractivity contribution in [1.29, 1.82) is 0 Å². The number of fused-ring (bicyclic) bond motifs is 2. The predicted molar refractivity (Wildman–Crippen MR) is 247 cm³/mol. The molecule has 2 aliphatic rings. The van der Waals surface area contributed by atoms with Gasteiger partial charge in [0.05, 0.1) is 5.02 Å². The summed E-state index contributed by atoms with van der Waals surface area (Å²) >= 11 is 6.24. The summed E-state index contributed by atoms with van der Waals surface area (Å²) < 4.78 is 5.75. The number of benzene rings is 2. The molecule has 0 radical (unpaired) electrons. The third kappa shape index (κ3) is 15.1. The maximum atomic E-state index is 15.0. The number of phenols is 1. The van der Waals surface area contributed by atoms with Crippen LogP contribution in [0.4, 0.5) is 0 Å². The number of amides is 9. The second-order valence-corrected chi connectivity index (χ2v) is 17.8. The van der Waals surface area contributed by atoms with Gasteiger partial charge in [-0.2, -0.15) is 0 Å². The second kappa shape index (κ2) is 25.0. The highest BCUT2D eigenvalue weighted by atomic mass is 35.5. The smallest absolute Gasteiger partial charge is 0.329 e. The van der Waals surface area contributed by atoms with Crippen molar-refractivity contribution in [2.24, 2.45) is 17.4 Å². The number of cyclic esters (lactones) is 1. The number of hydrogen-bond donors (Lipinski definition) is 9. The number of halogens is 1. The third-order valence-corrected chi connectivity index (χ3v) is 12.5. The first-order valence-electron chi connectivity index (χ1n) is 22.6. The molecular formula is C46H62ClN9O13. The Morgan fingerprint density at radius 3 is 2.13 bits per heavy atom. The predicted octanol–water partition coefficient (Wildman–Crippen LogP) is -1.07. The van der Waals surface area contributed by atoms with Crippen molar-refractivity contribution in [2.75, 3.05) is 7.05 Å². The number of aliphatic hydroxyl groups is 1. The fourth-order valence-corrected chi connectivity index (χ4v) is 8.23. The van der Waals surface area contributed by atoms with E-state index >= 15 is 4.79 Å². The number of hydrogen-bond acceptors (Lipinski definition) is 13. The summed E-state index contributed by atoms with van der Waals surface area (Å²) in [4.78, 5) is 139. The molecule has 2 aromatic rings. The number of aromatic hydroxyl groups is 1. The first-order chi connectivity index (χ1) is 32.5. The zero-order chi connectivity index (χ0) is 51.3. The van der Waals surface area contributed by atoms with Crippen LogP contribution in [-0.4, -0.2) is 141 Å². The summed E-state index contributed by atoms with van der Waals surface area (Å²) in [5.41, 5.74) is 11.7. The van der Waals surface area contributed by atoms with E-state index in [4.69, 9.17) is 27.8 Å². The summed E-state index contributed by atoms with van der Waals surface area (Å²) in [6.07, 6.45) is -5.22. The van der Waals surface area contributed by atoms with Gasteiger partial charge in [-0.15, -0.1) is 0 Å². The number of carbonyl (C=O) groups excluding carboxylic acids is 10. The normalized spacial score (nSPS) is 25.0. The van der Waals surface area contributed by atoms with Crippen molar-refractivity contribution < 1.29 is 62.9 Å². The highest BCUT2D eigenvalue weighted by molar-refractivity contribution is 6.32. The molecule has 0 aromatic heterocycles. The van der Waals surface area contributed by atoms with Gasteiger partial charge in [0.2, 0.25) is 53.2 Å². The summed E-state index contributed by atoms with van der Waals surface area (Å²) in [5, 5.41) is 34.3. The van der Waals surface area contributed by atoms with Crippen molar-refractivity contribution in [3.63, 3.8) is 0 Å². The van der Waals surface area contributed by atoms with E-state index in [1.54, 1.807) is 44.2 Å². The quantitative estimate of drug-likeness (QED) is 0.0962. The average Bonchev–Trinajstić information content (AvgIpc) is 3.29. The molecule has 10 atom stereocenters. The largest absolute Gasteiger partial charge is 0.506 e. The van der Waals surface area contributed by atoms with E-state index in [9.17, 15) is 53.4 Å². The van der Waals surface area contributed by atoms with E-state index in [-0.39, 0.29) is 49.3 Å². The van der Waals surface area contributed by atoms with Gasteiger partial charge in [-0.3, -0.25) is 43.2 Å². The van der Waals surface area contributed by atoms with Gasteiger partial charge in [0.15, 0.2) is 0 Å². The van der Waals surface area contributed by atoms with Gasteiger partial charge in [0.1, 0.15) is 60.4 Å². The number of esters is 1. The molecule has 0 saturated carbocycles. The van der Waals surface area contributed by atoms with E-state index in [0.29, 0.717) is 17.5 Å². The highest BCUT2D eigenvalue weighted by Gasteiger charge is 2.46. The summed E-state index contributed by atoms with van der Waals surface area (Å²) in [7, 11) is 1.27. The van der Waals surface area contributed by atoms with Gasteiger partial charge in [-0.25, -0.2) is 4.79 Å². The Labute approximate surface area is 403 Å². The zero-order valence-electron chi connectivity index (χ0n) is 39.1. The lowest BCUT2D eigenvalue weighted by Gasteiger charge is -2.43. The molecule has 1 unspecified atom stereocenters. The van der Waals surface area contributed by atoms with Crippen molar-refractivity contribution in [3.8, 4) is 5.75 Å². The number of aliphatic hydroxyl groups excluding tert-OH is 1. The van der Waals surface area contributed by atoms with Crippen molar-refractivity contribution in [3.05, 3.63) is 64.7 Å². The lowest BCUT2D eigenvalue weighted by molar-refractivity contribution is -0.165. The number of nitrogens with two attached hydrogens (primary N) is 2. The number of rotatable bonds is 15. The Morgan fingerprint density at radius 2 is 1.52 bits per heavy atom. The Balaban J connectivity index is 1.92. The molecule has 2 bridgehead atoms. The van der Waals surface area contributed by atoms with Crippen LogP contribution in [0.15, 0.2) is 48.5 Å². The number of carbonyl (C=O) groups is 10. The van der Waals surface area contributed by atoms with E-state index in [1.165, 1.54) is 32.2 Å². The fraction of sp³-hybridized carbons (Fsp3) is 0.522. The molecule has 2 aromatic carbocycles. The molecule has 22 nitrogen and oxygen atoms in total. The molecule has 4 rings (SSSR count). The molecule has 23 heteroatoms. The van der Waals surface area contributed by atoms with Gasteiger partial charge in [0, 0.05) is 39.7 Å². The molecular weight excluding hydrogens is 922 g/mol. The maximum absolute atomic E-state index is 15.0. The number of nitrogens with zero attached hydrogens (tertiary/aromatic N) is 2. The topological polar surface area (TPSA) is 339 Å². The molecule has 11 N–H and O–H groups in total. The fourth-order valence-electron chi connectivity index (χ4n) is 8.03. The van der Waals surface area contributed by atoms with Crippen LogP contribution in [-0.2, 0) is 65.5 Å². The second-order valence-electron chi connectivity index (χ2n) is 17.3. The van der Waals surface area contributed by atoms with Crippen molar-refractivity contribution >= 4 is 70.7 Å². The number of ether oxygens (including phenoxy) is 1. The van der Waals surface area contributed by atoms with Gasteiger partial charge in [-0.05, 0) is 61.8 Å². The molecule has 2 heterocycles. The molecule has 69 heavy (non-hydrogen) atoms. The van der Waals surface area contributed by atoms with Crippen LogP contribution in [0.3, 0.4) is 0 Å². The van der Waals surface area contributed by atoms with Gasteiger partial charge in [0.25, 0.3) is 0 Å². The van der Waals surface area contributed by atoms with Crippen molar-refractivity contribution in [1.82, 2.24) is 36.4 Å². The van der Waals surface area contributed by atoms with Crippen LogP contribution in [0.25, 0.3) is 0 Å². The molecule has 2 aliphatic heterocycles. The average molecular weight is 985 g/mol. The number of nitrogens with one attached hydrogen (secondary N) is 5. The summed E-state index contributed by atoms with van der Waals surface area (Å²) in [6.45, 7) is 5.67. The van der Waals surface area contributed by atoms with Crippen LogP contribution in [0.1, 0.15) is 83.8 Å². The maximum Gasteiger partial charge on any atom is 0.329 e. The molecule has 0 spiro atoms. The zero-order valence-corrected chi connectivity index (χ0v) is 39.8. The highest BCUT2D eigenvalue weighted by Crippen LogP contribution is 2.28. The minimum atomic E-state index is -1.85. The Morgan fingerprint density at radius 1 is 0.870 bits per heavy atom. The van der Waals surface area contributed by atoms with Gasteiger partial charge < -0.3 is 62.8 Å². The first kappa shape index (κ1) is 54.8. The monoisotopic (exact) mass is 983 g/mol. The van der Waals surface area contributed by atoms with Crippen LogP contribution < -0.4 is 38.1 Å². The third-order valence-electron chi connectivity index (χ3n) is 12.2. The van der Waals surface area contributed by atoms with Crippen molar-refractivity contribution in [2.45, 2.75) is 140 Å². The summed E-state index contributed by atoms with van der Waals surface area (Å²) in [6, 6.07) is 1.76. The lowest BCUT2D eigenvalue weighted by Crippen LogP contribution is -2.65. The molecule has 376 valence electrons. The van der Waals surface area contributed by atoms with E-state index in [0.717, 1.165) is 16.7 Å². The molecule has 9 amide bonds. The standard InChI is InChI=1S/C46H62ClN9O13/c1-6-23(2)38-42(64)51-30-15-19-37(61)56(44(30)66)33(21-26-10-8-7-9-11-26)45(67)55(5)32(22-27-12-16-34(58)28(47)20-27)41(63)52-31(14-18-36(49)60)46(68)69-24(3)39(43(65)53-38)54-40(62)29(50-25(4)57)13-17-35(48)59/h7-12,16,20,23-24,29-33,37-39,58,61H,6,13-15,17-19,21-22H2,1-5H3,(H2,48,59)(H2,49,60)(H,50,57)(H,51,64)(H,52,63)(H,53,65)(H,54,62)/t23?,24-,29-,30-,31-,32-,33-,37+,38+,39-/m1/s1. The van der Waals surface area contributed by atoms with E-state index in [1.807, 2.05) is 0 Å². The van der Waals surface area contributed by atoms with E-state index < -0.39 is 133 Å². The minimum Gasteiger partial charge on any atom is -0.506 e. The Bertz CT molecular complexity index is 2250. The van der Waals surface area contributed by atoms with Crippen LogP contribution in [0, 0.1) is 5.92 Å². The van der Waals surface area contributed by atoms with Gasteiger partial charge in [-0.1, -0.05) is 68.3 Å². The van der Waals surface area contributed by atoms with Crippen LogP contribution >= 0.6 is 11.6 Å². The SMILES string of the molecule is CCC(C)[C@@H]1NC(=O)[C@H](NC(=O)[C@@H](CCC(N)=O)NC(C)=O)[C@@H](C)OC(=O)[C@@H](CCC(N)=O)NC(=O)[C@@H](Cc2ccc(O)c(Cl)c2)N(C)C(=O)[C@@H](Cc2ccccc2)N2C(=O)[C@@H](CC[C@@H]2O)NC1=O. The number of likely N-dealkylation sites (N-methyl/N-ethyl adjacent to an activating group) is 1. The Hall–Kier alpha value is -6.81. The number of primary amides is 2. The molecule has 0 aliphatic carbocycles. The number of phenolic OH excluding ortho intramolecular Hbond substituents is 1. The molecule has 2 fully saturated rings. The van der Waals surface area contributed by atoms with Gasteiger partial charge >= 0.3 is 5.97 Å². The van der Waals surface area contributed by atoms with Crippen LogP contribution in [0.5, 0.6) is 5.75 Å². The summed E-state index contributed by atoms with van der Waals surface area (Å²) in [5.74, 6) is -10.2.